The second-order valence-corrected chi connectivity index (χ2v) is 5.36. The van der Waals surface area contributed by atoms with Gasteiger partial charge in [0.15, 0.2) is 0 Å². The Morgan fingerprint density at radius 3 is 2.82 bits per heavy atom. The van der Waals surface area contributed by atoms with E-state index in [0.717, 1.165) is 6.42 Å². The van der Waals surface area contributed by atoms with Gasteiger partial charge in [-0.3, -0.25) is 9.59 Å². The van der Waals surface area contributed by atoms with Gasteiger partial charge in [-0.25, -0.2) is 0 Å². The number of aliphatic carboxylic acids is 1. The first-order chi connectivity index (χ1) is 8.11. The van der Waals surface area contributed by atoms with E-state index < -0.39 is 11.9 Å². The Bertz CT molecular complexity index is 441. The number of carboxylic acid groups (broad SMARTS) is 1. The summed E-state index contributed by atoms with van der Waals surface area (Å²) < 4.78 is 0. The number of carbonyl (C=O) groups excluding carboxylic acids is 1. The van der Waals surface area contributed by atoms with Crippen LogP contribution in [0.1, 0.15) is 27.9 Å². The molecule has 2 rings (SSSR count). The van der Waals surface area contributed by atoms with Crippen LogP contribution in [-0.2, 0) is 11.2 Å². The molecule has 1 fully saturated rings. The number of carboxylic acids is 1. The topological polar surface area (TPSA) is 57.6 Å². The largest absolute Gasteiger partial charge is 0.481 e. The van der Waals surface area contributed by atoms with Crippen LogP contribution in [0.3, 0.4) is 0 Å². The molecule has 4 nitrogen and oxygen atoms in total. The second kappa shape index (κ2) is 4.87. The molecule has 5 heteroatoms. The van der Waals surface area contributed by atoms with Crippen molar-refractivity contribution in [1.29, 1.82) is 0 Å². The summed E-state index contributed by atoms with van der Waals surface area (Å²) in [5.74, 6) is -1.23. The Hall–Kier alpha value is -1.36. The Kier molecular flexibility index (Phi) is 3.47. The lowest BCUT2D eigenvalue weighted by Gasteiger charge is -2.14. The lowest BCUT2D eigenvalue weighted by molar-refractivity contribution is -0.141. The van der Waals surface area contributed by atoms with Crippen molar-refractivity contribution in [3.8, 4) is 0 Å². The maximum atomic E-state index is 12.1. The van der Waals surface area contributed by atoms with Gasteiger partial charge in [0.2, 0.25) is 0 Å². The zero-order valence-electron chi connectivity index (χ0n) is 9.68. The van der Waals surface area contributed by atoms with Gasteiger partial charge in [-0.2, -0.15) is 0 Å². The van der Waals surface area contributed by atoms with Crippen LogP contribution in [-0.4, -0.2) is 35.0 Å². The minimum absolute atomic E-state index is 0.0292. The van der Waals surface area contributed by atoms with E-state index in [1.54, 1.807) is 4.90 Å². The van der Waals surface area contributed by atoms with Gasteiger partial charge in [-0.05, 0) is 25.0 Å². The van der Waals surface area contributed by atoms with Gasteiger partial charge >= 0.3 is 5.97 Å². The molecule has 1 atom stereocenters. The standard InChI is InChI=1S/C12H15NO3S/c1-2-9-3-4-10(17-9)11(14)13-6-5-8(7-13)12(15)16/h3-4,8H,2,5-7H2,1H3,(H,15,16). The van der Waals surface area contributed by atoms with Crippen LogP contribution in [0.25, 0.3) is 0 Å². The SMILES string of the molecule is CCc1ccc(C(=O)N2CCC(C(=O)O)C2)s1. The zero-order valence-corrected chi connectivity index (χ0v) is 10.5. The van der Waals surface area contributed by atoms with Crippen LogP contribution in [0, 0.1) is 5.92 Å². The summed E-state index contributed by atoms with van der Waals surface area (Å²) in [5.41, 5.74) is 0. The summed E-state index contributed by atoms with van der Waals surface area (Å²) in [6.07, 6.45) is 1.49. The van der Waals surface area contributed by atoms with Gasteiger partial charge in [-0.1, -0.05) is 6.92 Å². The Balaban J connectivity index is 2.04. The van der Waals surface area contributed by atoms with Gasteiger partial charge in [0, 0.05) is 18.0 Å². The summed E-state index contributed by atoms with van der Waals surface area (Å²) >= 11 is 1.50. The first-order valence-corrected chi connectivity index (χ1v) is 6.54. The van der Waals surface area contributed by atoms with Crippen molar-refractivity contribution in [2.45, 2.75) is 19.8 Å². The molecule has 1 unspecified atom stereocenters. The van der Waals surface area contributed by atoms with Crippen LogP contribution in [0.2, 0.25) is 0 Å². The average Bonchev–Trinajstić information content (AvgIpc) is 2.97. The van der Waals surface area contributed by atoms with Crippen molar-refractivity contribution in [3.05, 3.63) is 21.9 Å². The Morgan fingerprint density at radius 1 is 1.53 bits per heavy atom. The van der Waals surface area contributed by atoms with Gasteiger partial charge in [-0.15, -0.1) is 11.3 Å². The molecule has 0 aromatic carbocycles. The van der Waals surface area contributed by atoms with Crippen LogP contribution in [0.15, 0.2) is 12.1 Å². The molecular weight excluding hydrogens is 238 g/mol. The minimum Gasteiger partial charge on any atom is -0.481 e. The van der Waals surface area contributed by atoms with Gasteiger partial charge < -0.3 is 10.0 Å². The molecular formula is C12H15NO3S. The third-order valence-corrected chi connectivity index (χ3v) is 4.26. The van der Waals surface area contributed by atoms with Crippen molar-refractivity contribution in [2.75, 3.05) is 13.1 Å². The van der Waals surface area contributed by atoms with E-state index in [0.29, 0.717) is 24.4 Å². The van der Waals surface area contributed by atoms with Gasteiger partial charge in [0.25, 0.3) is 5.91 Å². The maximum absolute atomic E-state index is 12.1. The number of likely N-dealkylation sites (tertiary alicyclic amines) is 1. The maximum Gasteiger partial charge on any atom is 0.308 e. The van der Waals surface area contributed by atoms with E-state index in [9.17, 15) is 9.59 Å². The quantitative estimate of drug-likeness (QED) is 0.894. The molecule has 0 aliphatic carbocycles. The molecule has 1 aliphatic rings. The third-order valence-electron chi connectivity index (χ3n) is 3.05. The first kappa shape index (κ1) is 12.1. The predicted octanol–water partition coefficient (Wildman–Crippen LogP) is 1.86. The van der Waals surface area contributed by atoms with Crippen molar-refractivity contribution in [1.82, 2.24) is 4.90 Å². The number of rotatable bonds is 3. The number of aryl methyl sites for hydroxylation is 1. The number of nitrogens with zero attached hydrogens (tertiary/aromatic N) is 1. The summed E-state index contributed by atoms with van der Waals surface area (Å²) in [6, 6.07) is 3.79. The molecule has 0 bridgehead atoms. The number of thiophene rings is 1. The van der Waals surface area contributed by atoms with E-state index >= 15 is 0 Å². The number of amides is 1. The van der Waals surface area contributed by atoms with Crippen molar-refractivity contribution in [2.24, 2.45) is 5.92 Å². The third kappa shape index (κ3) is 2.49. The van der Waals surface area contributed by atoms with E-state index in [-0.39, 0.29) is 5.91 Å². The summed E-state index contributed by atoms with van der Waals surface area (Å²) in [6.45, 7) is 2.94. The molecule has 0 saturated carbocycles. The molecule has 2 heterocycles. The average molecular weight is 253 g/mol. The molecule has 17 heavy (non-hydrogen) atoms. The second-order valence-electron chi connectivity index (χ2n) is 4.19. The van der Waals surface area contributed by atoms with E-state index in [2.05, 4.69) is 6.92 Å². The highest BCUT2D eigenvalue weighted by Crippen LogP contribution is 2.23. The fourth-order valence-electron chi connectivity index (χ4n) is 1.99. The highest BCUT2D eigenvalue weighted by Gasteiger charge is 2.31. The predicted molar refractivity (Wildman–Crippen MR) is 65.3 cm³/mol. The normalized spacial score (nSPS) is 19.6. The zero-order chi connectivity index (χ0) is 12.4. The molecule has 92 valence electrons. The fourth-order valence-corrected chi connectivity index (χ4v) is 2.90. The van der Waals surface area contributed by atoms with Crippen molar-refractivity contribution in [3.63, 3.8) is 0 Å². The summed E-state index contributed by atoms with van der Waals surface area (Å²) in [5, 5.41) is 8.89. The van der Waals surface area contributed by atoms with Crippen molar-refractivity contribution >= 4 is 23.2 Å². The number of carbonyl (C=O) groups is 2. The lowest BCUT2D eigenvalue weighted by atomic mass is 10.1. The Morgan fingerprint density at radius 2 is 2.29 bits per heavy atom. The van der Waals surface area contributed by atoms with Crippen LogP contribution >= 0.6 is 11.3 Å². The molecule has 0 radical (unpaired) electrons. The van der Waals surface area contributed by atoms with E-state index in [1.807, 2.05) is 12.1 Å². The Labute approximate surface area is 104 Å². The molecule has 1 aliphatic heterocycles. The molecule has 1 saturated heterocycles. The fraction of sp³-hybridized carbons (Fsp3) is 0.500. The minimum atomic E-state index is -0.805. The first-order valence-electron chi connectivity index (χ1n) is 5.72. The van der Waals surface area contributed by atoms with Crippen molar-refractivity contribution < 1.29 is 14.7 Å². The van der Waals surface area contributed by atoms with E-state index in [4.69, 9.17) is 5.11 Å². The van der Waals surface area contributed by atoms with Crippen LogP contribution < -0.4 is 0 Å². The van der Waals surface area contributed by atoms with E-state index in [1.165, 1.54) is 16.2 Å². The van der Waals surface area contributed by atoms with Gasteiger partial charge in [0.05, 0.1) is 10.8 Å². The molecule has 0 spiro atoms. The van der Waals surface area contributed by atoms with Crippen LogP contribution in [0.5, 0.6) is 0 Å². The lowest BCUT2D eigenvalue weighted by Crippen LogP contribution is -2.29. The highest BCUT2D eigenvalue weighted by molar-refractivity contribution is 7.14. The number of hydrogen-bond acceptors (Lipinski definition) is 3. The molecule has 1 N–H and O–H groups in total. The highest BCUT2D eigenvalue weighted by atomic mass is 32.1. The number of hydrogen-bond donors (Lipinski definition) is 1. The smallest absolute Gasteiger partial charge is 0.308 e. The van der Waals surface area contributed by atoms with Crippen LogP contribution in [0.4, 0.5) is 0 Å². The summed E-state index contributed by atoms with van der Waals surface area (Å²) in [4.78, 5) is 26.5. The monoisotopic (exact) mass is 253 g/mol. The summed E-state index contributed by atoms with van der Waals surface area (Å²) in [7, 11) is 0. The molecule has 1 aromatic rings. The molecule has 1 amide bonds. The van der Waals surface area contributed by atoms with Gasteiger partial charge in [0.1, 0.15) is 0 Å². The molecule has 1 aromatic heterocycles.